The highest BCUT2D eigenvalue weighted by atomic mass is 19.4. The van der Waals surface area contributed by atoms with Gasteiger partial charge in [-0.05, 0) is 68.1 Å². The first-order valence-corrected chi connectivity index (χ1v) is 13.1. The summed E-state index contributed by atoms with van der Waals surface area (Å²) >= 11 is 0. The van der Waals surface area contributed by atoms with Crippen molar-refractivity contribution in [2.24, 2.45) is 7.05 Å². The molecule has 2 N–H and O–H groups in total. The predicted molar refractivity (Wildman–Crippen MR) is 150 cm³/mol. The summed E-state index contributed by atoms with van der Waals surface area (Å²) in [5.41, 5.74) is 2.28. The van der Waals surface area contributed by atoms with Crippen molar-refractivity contribution in [3.63, 3.8) is 0 Å². The Morgan fingerprint density at radius 1 is 0.976 bits per heavy atom. The highest BCUT2D eigenvalue weighted by molar-refractivity contribution is 5.95. The number of hydrogen-bond donors (Lipinski definition) is 2. The third-order valence-corrected chi connectivity index (χ3v) is 6.34. The lowest BCUT2D eigenvalue weighted by atomic mass is 9.95. The molecule has 0 aliphatic rings. The Labute approximate surface area is 241 Å². The van der Waals surface area contributed by atoms with Gasteiger partial charge in [-0.2, -0.15) is 13.2 Å². The number of alkyl halides is 3. The SMILES string of the molecule is C[C@@H](NC(=O)c1cncc(-c2cnnn2C)c1)c1ccc(-c2cc(C(F)(F)F)ccc2CNC(=O)OC(C)(C)C)cc1. The Morgan fingerprint density at radius 2 is 1.69 bits per heavy atom. The Balaban J connectivity index is 1.52. The summed E-state index contributed by atoms with van der Waals surface area (Å²) in [7, 11) is 1.74. The van der Waals surface area contributed by atoms with E-state index < -0.39 is 29.5 Å². The van der Waals surface area contributed by atoms with E-state index in [-0.39, 0.29) is 12.5 Å². The molecule has 2 heterocycles. The average Bonchev–Trinajstić information content (AvgIpc) is 3.36. The van der Waals surface area contributed by atoms with Gasteiger partial charge in [0, 0.05) is 31.5 Å². The number of aromatic nitrogens is 4. The molecule has 220 valence electrons. The summed E-state index contributed by atoms with van der Waals surface area (Å²) in [4.78, 5) is 29.3. The number of amides is 2. The van der Waals surface area contributed by atoms with E-state index in [4.69, 9.17) is 4.74 Å². The van der Waals surface area contributed by atoms with E-state index in [0.717, 1.165) is 17.7 Å². The van der Waals surface area contributed by atoms with Gasteiger partial charge in [-0.15, -0.1) is 5.10 Å². The van der Waals surface area contributed by atoms with Gasteiger partial charge in [0.2, 0.25) is 0 Å². The van der Waals surface area contributed by atoms with Crippen molar-refractivity contribution in [2.75, 3.05) is 0 Å². The standard InChI is InChI=1S/C30H31F3N6O3/c1-18(37-27(40)23-12-22(14-34-15-23)26-17-36-38-39(26)5)19-6-8-20(9-7-19)25-13-24(30(31,32)33)11-10-21(25)16-35-28(41)42-29(2,3)4/h6-15,17-18H,16H2,1-5H3,(H,35,41)(H,37,40)/t18-/m1/s1. The molecular weight excluding hydrogens is 549 g/mol. The highest BCUT2D eigenvalue weighted by Crippen LogP contribution is 2.34. The summed E-state index contributed by atoms with van der Waals surface area (Å²) in [5, 5.41) is 13.3. The lowest BCUT2D eigenvalue weighted by Crippen LogP contribution is -2.32. The van der Waals surface area contributed by atoms with Crippen LogP contribution < -0.4 is 10.6 Å². The topological polar surface area (TPSA) is 111 Å². The van der Waals surface area contributed by atoms with Crippen LogP contribution in [0.1, 0.15) is 60.8 Å². The summed E-state index contributed by atoms with van der Waals surface area (Å²) < 4.78 is 47.4. The molecule has 1 atom stereocenters. The van der Waals surface area contributed by atoms with Crippen LogP contribution in [-0.4, -0.2) is 37.6 Å². The first kappa shape index (κ1) is 30.2. The fourth-order valence-electron chi connectivity index (χ4n) is 4.23. The van der Waals surface area contributed by atoms with E-state index in [2.05, 4.69) is 25.9 Å². The molecule has 4 aromatic rings. The van der Waals surface area contributed by atoms with Gasteiger partial charge in [-0.25, -0.2) is 9.48 Å². The summed E-state index contributed by atoms with van der Waals surface area (Å²) in [6.45, 7) is 6.92. The van der Waals surface area contributed by atoms with Gasteiger partial charge in [0.25, 0.3) is 5.91 Å². The molecule has 0 aliphatic heterocycles. The molecule has 0 bridgehead atoms. The van der Waals surface area contributed by atoms with Crippen LogP contribution in [0.5, 0.6) is 0 Å². The Bertz CT molecular complexity index is 1580. The zero-order chi connectivity index (χ0) is 30.7. The summed E-state index contributed by atoms with van der Waals surface area (Å²) in [6, 6.07) is 11.5. The Hall–Kier alpha value is -4.74. The second-order valence-electron chi connectivity index (χ2n) is 10.7. The number of alkyl carbamates (subject to hydrolysis) is 1. The van der Waals surface area contributed by atoms with Crippen molar-refractivity contribution in [1.29, 1.82) is 0 Å². The molecule has 2 amide bonds. The van der Waals surface area contributed by atoms with Gasteiger partial charge < -0.3 is 15.4 Å². The van der Waals surface area contributed by atoms with Crippen molar-refractivity contribution in [2.45, 2.75) is 52.1 Å². The van der Waals surface area contributed by atoms with Crippen LogP contribution in [0.4, 0.5) is 18.0 Å². The van der Waals surface area contributed by atoms with Crippen molar-refractivity contribution < 1.29 is 27.5 Å². The van der Waals surface area contributed by atoms with Crippen LogP contribution in [0.2, 0.25) is 0 Å². The number of aryl methyl sites for hydroxylation is 1. The van der Waals surface area contributed by atoms with E-state index in [0.29, 0.717) is 33.5 Å². The third kappa shape index (κ3) is 7.50. The molecular formula is C30H31F3N6O3. The van der Waals surface area contributed by atoms with Crippen LogP contribution in [0.25, 0.3) is 22.4 Å². The number of halogens is 3. The highest BCUT2D eigenvalue weighted by Gasteiger charge is 2.31. The molecule has 0 unspecified atom stereocenters. The van der Waals surface area contributed by atoms with Gasteiger partial charge in [-0.1, -0.05) is 35.5 Å². The first-order valence-electron chi connectivity index (χ1n) is 13.1. The van der Waals surface area contributed by atoms with Gasteiger partial charge in [0.15, 0.2) is 0 Å². The molecule has 9 nitrogen and oxygen atoms in total. The molecule has 0 spiro atoms. The second kappa shape index (κ2) is 12.0. The minimum Gasteiger partial charge on any atom is -0.444 e. The maximum Gasteiger partial charge on any atom is 0.416 e. The molecule has 2 aromatic carbocycles. The minimum atomic E-state index is -4.54. The number of hydrogen-bond acceptors (Lipinski definition) is 6. The predicted octanol–water partition coefficient (Wildman–Crippen LogP) is 6.08. The van der Waals surface area contributed by atoms with E-state index in [9.17, 15) is 22.8 Å². The van der Waals surface area contributed by atoms with Crippen LogP contribution in [0.15, 0.2) is 67.1 Å². The van der Waals surface area contributed by atoms with Gasteiger partial charge in [0.05, 0.1) is 29.1 Å². The largest absolute Gasteiger partial charge is 0.444 e. The Morgan fingerprint density at radius 3 is 2.31 bits per heavy atom. The number of benzene rings is 2. The van der Waals surface area contributed by atoms with Crippen LogP contribution >= 0.6 is 0 Å². The molecule has 0 saturated carbocycles. The van der Waals surface area contributed by atoms with Crippen LogP contribution in [0.3, 0.4) is 0 Å². The number of rotatable bonds is 7. The first-order chi connectivity index (χ1) is 19.7. The summed E-state index contributed by atoms with van der Waals surface area (Å²) in [6.07, 6.45) is -0.566. The molecule has 0 radical (unpaired) electrons. The van der Waals surface area contributed by atoms with Gasteiger partial charge in [0.1, 0.15) is 5.60 Å². The van der Waals surface area contributed by atoms with Gasteiger partial charge in [-0.3, -0.25) is 9.78 Å². The molecule has 12 heteroatoms. The zero-order valence-corrected chi connectivity index (χ0v) is 23.8. The number of ether oxygens (including phenoxy) is 1. The molecule has 0 fully saturated rings. The number of nitrogens with one attached hydrogen (secondary N) is 2. The minimum absolute atomic E-state index is 0.0292. The van der Waals surface area contributed by atoms with Crippen LogP contribution in [-0.2, 0) is 24.5 Å². The quantitative estimate of drug-likeness (QED) is 0.274. The van der Waals surface area contributed by atoms with Crippen molar-refractivity contribution in [3.05, 3.63) is 89.4 Å². The van der Waals surface area contributed by atoms with Crippen molar-refractivity contribution in [3.8, 4) is 22.4 Å². The van der Waals surface area contributed by atoms with E-state index >= 15 is 0 Å². The molecule has 4 rings (SSSR count). The van der Waals surface area contributed by atoms with E-state index in [1.165, 1.54) is 12.3 Å². The maximum atomic E-state index is 13.5. The normalized spacial score (nSPS) is 12.5. The van der Waals surface area contributed by atoms with Crippen molar-refractivity contribution in [1.82, 2.24) is 30.6 Å². The van der Waals surface area contributed by atoms with E-state index in [1.807, 2.05) is 0 Å². The molecule has 0 saturated heterocycles. The third-order valence-electron chi connectivity index (χ3n) is 6.34. The number of carbonyl (C=O) groups is 2. The monoisotopic (exact) mass is 580 g/mol. The van der Waals surface area contributed by atoms with Crippen LogP contribution in [0, 0.1) is 0 Å². The number of nitrogens with zero attached hydrogens (tertiary/aromatic N) is 4. The van der Waals surface area contributed by atoms with Gasteiger partial charge >= 0.3 is 12.3 Å². The smallest absolute Gasteiger partial charge is 0.416 e. The zero-order valence-electron chi connectivity index (χ0n) is 23.8. The van der Waals surface area contributed by atoms with Crippen molar-refractivity contribution >= 4 is 12.0 Å². The maximum absolute atomic E-state index is 13.5. The fraction of sp³-hybridized carbons (Fsp3) is 0.300. The molecule has 42 heavy (non-hydrogen) atoms. The molecule has 2 aromatic heterocycles. The number of pyridine rings is 1. The lowest BCUT2D eigenvalue weighted by molar-refractivity contribution is -0.137. The fourth-order valence-corrected chi connectivity index (χ4v) is 4.23. The lowest BCUT2D eigenvalue weighted by Gasteiger charge is -2.20. The van der Waals surface area contributed by atoms with E-state index in [1.54, 1.807) is 82.1 Å². The second-order valence-corrected chi connectivity index (χ2v) is 10.7. The Kier molecular flexibility index (Phi) is 8.64. The molecule has 0 aliphatic carbocycles. The number of carbonyl (C=O) groups excluding carboxylic acids is 2. The average molecular weight is 581 g/mol. The summed E-state index contributed by atoms with van der Waals surface area (Å²) in [5.74, 6) is -0.343.